The summed E-state index contributed by atoms with van der Waals surface area (Å²) in [5.74, 6) is -0.907. The summed E-state index contributed by atoms with van der Waals surface area (Å²) in [5, 5.41) is 12.8. The number of likely N-dealkylation sites (N-methyl/N-ethyl adjacent to an activating group) is 1. The van der Waals surface area contributed by atoms with Crippen LogP contribution in [0.15, 0.2) is 59.3 Å². The molecule has 1 radical (unpaired) electrons. The van der Waals surface area contributed by atoms with Crippen LogP contribution in [0.5, 0.6) is 0 Å². The summed E-state index contributed by atoms with van der Waals surface area (Å²) in [7, 11) is -2.69. The maximum atomic E-state index is 12.5. The number of hydrogen-bond acceptors (Lipinski definition) is 5. The summed E-state index contributed by atoms with van der Waals surface area (Å²) in [6, 6.07) is 10.9. The van der Waals surface area contributed by atoms with Crippen LogP contribution in [0.1, 0.15) is 5.56 Å². The number of aromatic nitrogens is 1. The molecule has 2 heterocycles. The fraction of sp³-hybridized carbons (Fsp3) is 0.0667. The Morgan fingerprint density at radius 3 is 2.50 bits per heavy atom. The van der Waals surface area contributed by atoms with E-state index in [-0.39, 0.29) is 73.4 Å². The van der Waals surface area contributed by atoms with Crippen molar-refractivity contribution in [3.05, 3.63) is 59.9 Å². The van der Waals surface area contributed by atoms with Crippen LogP contribution in [0, 0.1) is 0 Å². The van der Waals surface area contributed by atoms with Crippen LogP contribution in [0.3, 0.4) is 0 Å². The van der Waals surface area contributed by atoms with E-state index >= 15 is 0 Å². The van der Waals surface area contributed by atoms with E-state index in [2.05, 4.69) is 10.3 Å². The summed E-state index contributed by atoms with van der Waals surface area (Å²) in [6.07, 6.45) is 1.49. The maximum absolute atomic E-state index is 12.5. The maximum Gasteiger partial charge on any atom is 0.277 e. The number of fused-ring (bicyclic) bond motifs is 1. The molecule has 24 heavy (non-hydrogen) atoms. The van der Waals surface area contributed by atoms with Gasteiger partial charge in [-0.15, -0.1) is 0 Å². The Labute approximate surface area is 181 Å². The second-order valence-electron chi connectivity index (χ2n) is 4.84. The number of nitrogens with zero attached hydrogens (tertiary/aromatic N) is 2. The molecule has 3 rings (SSSR count). The fourth-order valence-corrected chi connectivity index (χ4v) is 3.69. The van der Waals surface area contributed by atoms with Crippen molar-refractivity contribution in [1.29, 1.82) is 0 Å². The summed E-state index contributed by atoms with van der Waals surface area (Å²) in [4.78, 5) is 16.3. The first-order valence-electron chi connectivity index (χ1n) is 6.67. The monoisotopic (exact) mass is 370 g/mol. The van der Waals surface area contributed by atoms with Crippen LogP contribution in [0.2, 0.25) is 0 Å². The predicted molar refractivity (Wildman–Crippen MR) is 89.6 cm³/mol. The Morgan fingerprint density at radius 2 is 1.83 bits per heavy atom. The van der Waals surface area contributed by atoms with E-state index in [9.17, 15) is 18.3 Å². The van der Waals surface area contributed by atoms with Gasteiger partial charge in [0.15, 0.2) is 11.5 Å². The fourth-order valence-electron chi connectivity index (χ4n) is 2.29. The minimum atomic E-state index is -3.91. The molecule has 1 aromatic carbocycles. The first-order valence-corrected chi connectivity index (χ1v) is 8.11. The van der Waals surface area contributed by atoms with Gasteiger partial charge in [0.05, 0.1) is 4.90 Å². The Bertz CT molecular complexity index is 913. The number of sulfonamides is 1. The van der Waals surface area contributed by atoms with E-state index in [4.69, 9.17) is 0 Å². The molecule has 1 aromatic heterocycles. The van der Waals surface area contributed by atoms with Gasteiger partial charge in [0, 0.05) is 70.2 Å². The van der Waals surface area contributed by atoms with Crippen LogP contribution in [-0.4, -0.2) is 87.2 Å². The molecule has 0 aliphatic carbocycles. The molecular weight excluding hydrogens is 357 g/mol. The molecule has 2 aromatic rings. The van der Waals surface area contributed by atoms with Crippen molar-refractivity contribution in [3.8, 4) is 0 Å². The van der Waals surface area contributed by atoms with Crippen molar-refractivity contribution >= 4 is 78.9 Å². The molecule has 1 aliphatic heterocycles. The van der Waals surface area contributed by atoms with E-state index in [1.165, 1.54) is 25.4 Å². The minimum Gasteiger partial charge on any atom is -0.505 e. The van der Waals surface area contributed by atoms with Crippen molar-refractivity contribution in [3.63, 3.8) is 0 Å². The molecule has 0 bridgehead atoms. The van der Waals surface area contributed by atoms with Crippen molar-refractivity contribution in [2.45, 2.75) is 4.90 Å². The topological polar surface area (TPSA) is 99.6 Å². The largest absolute Gasteiger partial charge is 0.505 e. The zero-order valence-electron chi connectivity index (χ0n) is 13.1. The molecule has 0 saturated carbocycles. The van der Waals surface area contributed by atoms with E-state index < -0.39 is 21.7 Å². The molecule has 0 atom stereocenters. The number of carbonyl (C=O) groups is 1. The standard InChI is InChI=1S/C15H13N3O4S.K/c1-18-13(15(20)17-12-8-4-5-9-16-12)14(19)10-6-2-3-7-11(10)23(18,21)22;/h2-9,19H,1H3,(H,16,17,20);. The van der Waals surface area contributed by atoms with Gasteiger partial charge in [-0.3, -0.25) is 9.10 Å². The summed E-state index contributed by atoms with van der Waals surface area (Å²) < 4.78 is 25.8. The number of carbonyl (C=O) groups excluding carboxylic acids is 1. The van der Waals surface area contributed by atoms with Gasteiger partial charge >= 0.3 is 0 Å². The van der Waals surface area contributed by atoms with Crippen LogP contribution >= 0.6 is 0 Å². The number of pyridine rings is 1. The third-order valence-corrected chi connectivity index (χ3v) is 5.26. The van der Waals surface area contributed by atoms with E-state index in [1.807, 2.05) is 0 Å². The second kappa shape index (κ2) is 7.34. The number of anilines is 1. The number of aliphatic hydroxyl groups excluding tert-OH is 1. The molecule has 9 heteroatoms. The normalized spacial score (nSPS) is 15.3. The third kappa shape index (κ3) is 3.28. The van der Waals surface area contributed by atoms with Crippen molar-refractivity contribution < 1.29 is 18.3 Å². The molecule has 0 fully saturated rings. The number of benzene rings is 1. The van der Waals surface area contributed by atoms with Gasteiger partial charge in [-0.05, 0) is 24.3 Å². The van der Waals surface area contributed by atoms with Crippen molar-refractivity contribution in [2.24, 2.45) is 0 Å². The van der Waals surface area contributed by atoms with E-state index in [0.717, 1.165) is 4.31 Å². The zero-order chi connectivity index (χ0) is 16.6. The molecule has 0 unspecified atom stereocenters. The van der Waals surface area contributed by atoms with Gasteiger partial charge in [0.1, 0.15) is 5.82 Å². The first kappa shape index (κ1) is 19.1. The summed E-state index contributed by atoms with van der Waals surface area (Å²) >= 11 is 0. The molecule has 0 spiro atoms. The average molecular weight is 370 g/mol. The number of hydrogen-bond donors (Lipinski definition) is 2. The van der Waals surface area contributed by atoms with Crippen LogP contribution < -0.4 is 5.32 Å². The molecule has 1 aliphatic rings. The number of aliphatic hydroxyl groups is 1. The van der Waals surface area contributed by atoms with Gasteiger partial charge in [0.25, 0.3) is 15.9 Å². The smallest absolute Gasteiger partial charge is 0.277 e. The molecule has 119 valence electrons. The van der Waals surface area contributed by atoms with Gasteiger partial charge in [-0.2, -0.15) is 0 Å². The van der Waals surface area contributed by atoms with Gasteiger partial charge in [-0.1, -0.05) is 18.2 Å². The quantitative estimate of drug-likeness (QED) is 0.774. The summed E-state index contributed by atoms with van der Waals surface area (Å²) in [5.41, 5.74) is -0.258. The second-order valence-corrected chi connectivity index (χ2v) is 6.77. The number of amides is 1. The zero-order valence-corrected chi connectivity index (χ0v) is 17.0. The Hall–Kier alpha value is -1.23. The van der Waals surface area contributed by atoms with E-state index in [0.29, 0.717) is 0 Å². The predicted octanol–water partition coefficient (Wildman–Crippen LogP) is 1.20. The van der Waals surface area contributed by atoms with Crippen LogP contribution in [0.4, 0.5) is 5.82 Å². The Kier molecular flexibility index (Phi) is 5.84. The van der Waals surface area contributed by atoms with Crippen molar-refractivity contribution in [2.75, 3.05) is 12.4 Å². The number of nitrogens with one attached hydrogen (secondary N) is 1. The van der Waals surface area contributed by atoms with Gasteiger partial charge in [0.2, 0.25) is 0 Å². The minimum absolute atomic E-state index is 0. The first-order chi connectivity index (χ1) is 10.9. The Balaban J connectivity index is 0.00000208. The summed E-state index contributed by atoms with van der Waals surface area (Å²) in [6.45, 7) is 0. The Morgan fingerprint density at radius 1 is 1.17 bits per heavy atom. The van der Waals surface area contributed by atoms with Gasteiger partial charge < -0.3 is 10.4 Å². The molecule has 2 N–H and O–H groups in total. The van der Waals surface area contributed by atoms with Crippen LogP contribution in [0.25, 0.3) is 5.76 Å². The average Bonchev–Trinajstić information content (AvgIpc) is 2.54. The van der Waals surface area contributed by atoms with Crippen molar-refractivity contribution in [1.82, 2.24) is 9.29 Å². The molecule has 1 amide bonds. The number of rotatable bonds is 2. The van der Waals surface area contributed by atoms with Gasteiger partial charge in [-0.25, -0.2) is 13.4 Å². The van der Waals surface area contributed by atoms with E-state index in [1.54, 1.807) is 30.3 Å². The van der Waals surface area contributed by atoms with Crippen LogP contribution in [-0.2, 0) is 14.8 Å². The SMILES string of the molecule is CN1C(C(=O)Nc2ccccn2)=C(O)c2ccccc2S1(=O)=O.[K]. The third-order valence-electron chi connectivity index (χ3n) is 3.44. The molecular formula is C15H13KN3O4S. The molecule has 7 nitrogen and oxygen atoms in total. The molecule has 0 saturated heterocycles.